The number of rotatable bonds is 2. The molecule has 0 heterocycles. The Balaban J connectivity index is 2.31. The standard InChI is InChI=1S/C14H21N/c1-10(14(2,3)15)12-8-7-11-5-4-6-13(11)9-12/h7-10H,4-6,15H2,1-3H3. The van der Waals surface area contributed by atoms with Crippen LogP contribution in [0.15, 0.2) is 18.2 Å². The largest absolute Gasteiger partial charge is 0.325 e. The molecule has 0 spiro atoms. The maximum atomic E-state index is 6.16. The zero-order chi connectivity index (χ0) is 11.1. The van der Waals surface area contributed by atoms with Gasteiger partial charge in [-0.1, -0.05) is 25.1 Å². The van der Waals surface area contributed by atoms with E-state index in [1.165, 1.54) is 24.8 Å². The molecule has 1 nitrogen and oxygen atoms in total. The molecule has 0 saturated heterocycles. The lowest BCUT2D eigenvalue weighted by Gasteiger charge is -2.28. The van der Waals surface area contributed by atoms with Crippen LogP contribution < -0.4 is 5.73 Å². The molecule has 1 aromatic carbocycles. The Hall–Kier alpha value is -0.820. The van der Waals surface area contributed by atoms with Crippen LogP contribution in [0, 0.1) is 0 Å². The van der Waals surface area contributed by atoms with Crippen LogP contribution in [0.3, 0.4) is 0 Å². The molecule has 1 heteroatoms. The van der Waals surface area contributed by atoms with Crippen molar-refractivity contribution in [2.45, 2.75) is 51.5 Å². The Labute approximate surface area is 92.7 Å². The summed E-state index contributed by atoms with van der Waals surface area (Å²) in [6, 6.07) is 6.91. The van der Waals surface area contributed by atoms with Crippen LogP contribution >= 0.6 is 0 Å². The van der Waals surface area contributed by atoms with Gasteiger partial charge in [-0.3, -0.25) is 0 Å². The first-order valence-electron chi connectivity index (χ1n) is 5.89. The first-order valence-corrected chi connectivity index (χ1v) is 5.89. The van der Waals surface area contributed by atoms with Crippen LogP contribution in [0.25, 0.3) is 0 Å². The highest BCUT2D eigenvalue weighted by molar-refractivity contribution is 5.37. The Morgan fingerprint density at radius 2 is 1.87 bits per heavy atom. The van der Waals surface area contributed by atoms with Crippen LogP contribution in [0.4, 0.5) is 0 Å². The summed E-state index contributed by atoms with van der Waals surface area (Å²) in [5.74, 6) is 0.420. The number of nitrogens with two attached hydrogens (primary N) is 1. The lowest BCUT2D eigenvalue weighted by Crippen LogP contribution is -2.37. The van der Waals surface area contributed by atoms with E-state index in [9.17, 15) is 0 Å². The predicted octanol–water partition coefficient (Wildman–Crippen LogP) is 3.02. The molecule has 0 saturated carbocycles. The second-order valence-electron chi connectivity index (χ2n) is 5.42. The zero-order valence-electron chi connectivity index (χ0n) is 10.0. The minimum atomic E-state index is -0.132. The second kappa shape index (κ2) is 3.64. The molecule has 1 aliphatic rings. The van der Waals surface area contributed by atoms with Crippen molar-refractivity contribution in [3.05, 3.63) is 34.9 Å². The van der Waals surface area contributed by atoms with Crippen molar-refractivity contribution >= 4 is 0 Å². The van der Waals surface area contributed by atoms with Crippen LogP contribution in [0.1, 0.15) is 49.8 Å². The van der Waals surface area contributed by atoms with Crippen molar-refractivity contribution in [1.29, 1.82) is 0 Å². The summed E-state index contributed by atoms with van der Waals surface area (Å²) in [7, 11) is 0. The number of benzene rings is 1. The van der Waals surface area contributed by atoms with Crippen LogP contribution in [-0.4, -0.2) is 5.54 Å². The molecule has 2 N–H and O–H groups in total. The van der Waals surface area contributed by atoms with E-state index in [4.69, 9.17) is 5.73 Å². The van der Waals surface area contributed by atoms with E-state index in [-0.39, 0.29) is 5.54 Å². The molecule has 0 amide bonds. The van der Waals surface area contributed by atoms with Gasteiger partial charge in [0.05, 0.1) is 0 Å². The molecule has 15 heavy (non-hydrogen) atoms. The fraction of sp³-hybridized carbons (Fsp3) is 0.571. The number of hydrogen-bond donors (Lipinski definition) is 1. The Kier molecular flexibility index (Phi) is 2.59. The van der Waals surface area contributed by atoms with Crippen molar-refractivity contribution in [1.82, 2.24) is 0 Å². The third-order valence-electron chi connectivity index (χ3n) is 3.74. The highest BCUT2D eigenvalue weighted by atomic mass is 14.7. The molecule has 1 unspecified atom stereocenters. The SMILES string of the molecule is CC(c1ccc2c(c1)CCC2)C(C)(C)N. The Morgan fingerprint density at radius 1 is 1.20 bits per heavy atom. The van der Waals surface area contributed by atoms with Crippen molar-refractivity contribution < 1.29 is 0 Å². The summed E-state index contributed by atoms with van der Waals surface area (Å²) in [5, 5.41) is 0. The molecule has 1 atom stereocenters. The summed E-state index contributed by atoms with van der Waals surface area (Å²) >= 11 is 0. The van der Waals surface area contributed by atoms with Gasteiger partial charge in [-0.05, 0) is 55.7 Å². The van der Waals surface area contributed by atoms with E-state index in [2.05, 4.69) is 39.0 Å². The van der Waals surface area contributed by atoms with Crippen molar-refractivity contribution in [2.75, 3.05) is 0 Å². The quantitative estimate of drug-likeness (QED) is 0.785. The van der Waals surface area contributed by atoms with Gasteiger partial charge < -0.3 is 5.73 Å². The lowest BCUT2D eigenvalue weighted by molar-refractivity contribution is 0.435. The minimum Gasteiger partial charge on any atom is -0.325 e. The van der Waals surface area contributed by atoms with Gasteiger partial charge in [0, 0.05) is 5.54 Å². The van der Waals surface area contributed by atoms with Crippen molar-refractivity contribution in [3.8, 4) is 0 Å². The maximum Gasteiger partial charge on any atom is 0.0163 e. The summed E-state index contributed by atoms with van der Waals surface area (Å²) in [4.78, 5) is 0. The first kappa shape index (κ1) is 10.7. The number of hydrogen-bond acceptors (Lipinski definition) is 1. The highest BCUT2D eigenvalue weighted by Crippen LogP contribution is 2.30. The smallest absolute Gasteiger partial charge is 0.0163 e. The first-order chi connectivity index (χ1) is 6.98. The highest BCUT2D eigenvalue weighted by Gasteiger charge is 2.23. The molecular weight excluding hydrogens is 182 g/mol. The van der Waals surface area contributed by atoms with Crippen molar-refractivity contribution in [3.63, 3.8) is 0 Å². The van der Waals surface area contributed by atoms with E-state index in [1.807, 2.05) is 0 Å². The maximum absolute atomic E-state index is 6.16. The molecule has 82 valence electrons. The van der Waals surface area contributed by atoms with Crippen LogP contribution in [-0.2, 0) is 12.8 Å². The van der Waals surface area contributed by atoms with Gasteiger partial charge in [-0.25, -0.2) is 0 Å². The average Bonchev–Trinajstić information content (AvgIpc) is 2.61. The normalized spacial score (nSPS) is 17.6. The lowest BCUT2D eigenvalue weighted by atomic mass is 9.83. The molecule has 0 bridgehead atoms. The number of aryl methyl sites for hydroxylation is 2. The van der Waals surface area contributed by atoms with E-state index >= 15 is 0 Å². The topological polar surface area (TPSA) is 26.0 Å². The summed E-state index contributed by atoms with van der Waals surface area (Å²) in [6.45, 7) is 6.42. The van der Waals surface area contributed by atoms with Gasteiger partial charge >= 0.3 is 0 Å². The summed E-state index contributed by atoms with van der Waals surface area (Å²) in [5.41, 5.74) is 10.5. The molecule has 0 aliphatic heterocycles. The van der Waals surface area contributed by atoms with Gasteiger partial charge in [0.2, 0.25) is 0 Å². The predicted molar refractivity (Wildman–Crippen MR) is 65.1 cm³/mol. The third-order valence-corrected chi connectivity index (χ3v) is 3.74. The molecule has 2 rings (SSSR count). The monoisotopic (exact) mass is 203 g/mol. The fourth-order valence-corrected chi connectivity index (χ4v) is 2.29. The van der Waals surface area contributed by atoms with E-state index < -0.39 is 0 Å². The Morgan fingerprint density at radius 3 is 2.53 bits per heavy atom. The van der Waals surface area contributed by atoms with Gasteiger partial charge in [0.25, 0.3) is 0 Å². The summed E-state index contributed by atoms with van der Waals surface area (Å²) in [6.07, 6.45) is 3.83. The third kappa shape index (κ3) is 2.07. The fourth-order valence-electron chi connectivity index (χ4n) is 2.29. The molecule has 0 fully saturated rings. The molecule has 0 radical (unpaired) electrons. The van der Waals surface area contributed by atoms with E-state index in [0.29, 0.717) is 5.92 Å². The van der Waals surface area contributed by atoms with E-state index in [0.717, 1.165) is 0 Å². The second-order valence-corrected chi connectivity index (χ2v) is 5.42. The minimum absolute atomic E-state index is 0.132. The Bertz CT molecular complexity index is 360. The van der Waals surface area contributed by atoms with Crippen molar-refractivity contribution in [2.24, 2.45) is 5.73 Å². The average molecular weight is 203 g/mol. The molecule has 1 aromatic rings. The molecule has 0 aromatic heterocycles. The summed E-state index contributed by atoms with van der Waals surface area (Å²) < 4.78 is 0. The van der Waals surface area contributed by atoms with Gasteiger partial charge in [-0.15, -0.1) is 0 Å². The van der Waals surface area contributed by atoms with Crippen LogP contribution in [0.2, 0.25) is 0 Å². The van der Waals surface area contributed by atoms with Gasteiger partial charge in [-0.2, -0.15) is 0 Å². The van der Waals surface area contributed by atoms with E-state index in [1.54, 1.807) is 11.1 Å². The zero-order valence-corrected chi connectivity index (χ0v) is 10.0. The molecule has 1 aliphatic carbocycles. The number of fused-ring (bicyclic) bond motifs is 1. The van der Waals surface area contributed by atoms with Gasteiger partial charge in [0.15, 0.2) is 0 Å². The molecular formula is C14H21N. The van der Waals surface area contributed by atoms with Gasteiger partial charge in [0.1, 0.15) is 0 Å². The van der Waals surface area contributed by atoms with Crippen LogP contribution in [0.5, 0.6) is 0 Å².